The first-order chi connectivity index (χ1) is 8.22. The molecule has 0 aliphatic heterocycles. The third-order valence-electron chi connectivity index (χ3n) is 2.12. The van der Waals surface area contributed by atoms with Crippen LogP contribution in [-0.4, -0.2) is 24.1 Å². The van der Waals surface area contributed by atoms with Crippen molar-refractivity contribution in [1.82, 2.24) is 5.32 Å². The zero-order chi connectivity index (χ0) is 12.5. The van der Waals surface area contributed by atoms with E-state index in [-0.39, 0.29) is 6.03 Å². The van der Waals surface area contributed by atoms with Gasteiger partial charge in [0, 0.05) is 17.9 Å². The second-order valence-corrected chi connectivity index (χ2v) is 4.95. The minimum absolute atomic E-state index is 0.170. The largest absolute Gasteiger partial charge is 0.399 e. The predicted molar refractivity (Wildman–Crippen MR) is 75.5 cm³/mol. The topological polar surface area (TPSA) is 67.2 Å². The van der Waals surface area contributed by atoms with Crippen LogP contribution in [0.5, 0.6) is 0 Å². The Labute approximate surface area is 106 Å². The normalized spacial score (nSPS) is 9.94. The summed E-state index contributed by atoms with van der Waals surface area (Å²) in [6, 6.07) is 6.90. The highest BCUT2D eigenvalue weighted by Crippen LogP contribution is 2.09. The van der Waals surface area contributed by atoms with E-state index < -0.39 is 0 Å². The molecule has 0 aliphatic rings. The van der Waals surface area contributed by atoms with Gasteiger partial charge in [0.15, 0.2) is 0 Å². The summed E-state index contributed by atoms with van der Waals surface area (Å²) in [6.45, 7) is 2.83. The maximum absolute atomic E-state index is 11.5. The molecule has 0 spiro atoms. The van der Waals surface area contributed by atoms with Crippen molar-refractivity contribution in [3.63, 3.8) is 0 Å². The lowest BCUT2D eigenvalue weighted by Gasteiger charge is -2.07. The molecular weight excluding hydrogens is 234 g/mol. The zero-order valence-electron chi connectivity index (χ0n) is 10.0. The molecule has 4 N–H and O–H groups in total. The van der Waals surface area contributed by atoms with Gasteiger partial charge in [-0.2, -0.15) is 11.8 Å². The first kappa shape index (κ1) is 13.7. The molecule has 1 rings (SSSR count). The van der Waals surface area contributed by atoms with Gasteiger partial charge in [-0.05, 0) is 42.2 Å². The number of hydrogen-bond donors (Lipinski definition) is 3. The minimum Gasteiger partial charge on any atom is -0.399 e. The highest BCUT2D eigenvalue weighted by molar-refractivity contribution is 7.99. The van der Waals surface area contributed by atoms with E-state index in [0.717, 1.165) is 23.6 Å². The van der Waals surface area contributed by atoms with Crippen LogP contribution in [0.4, 0.5) is 16.2 Å². The number of nitrogens with one attached hydrogen (secondary N) is 2. The van der Waals surface area contributed by atoms with E-state index in [1.165, 1.54) is 0 Å². The molecule has 4 nitrogen and oxygen atoms in total. The van der Waals surface area contributed by atoms with Crippen molar-refractivity contribution in [2.75, 3.05) is 29.1 Å². The average molecular weight is 253 g/mol. The van der Waals surface area contributed by atoms with Crippen LogP contribution in [-0.2, 0) is 0 Å². The fourth-order valence-corrected chi connectivity index (χ4v) is 1.90. The van der Waals surface area contributed by atoms with Crippen LogP contribution < -0.4 is 16.4 Å². The van der Waals surface area contributed by atoms with Crippen molar-refractivity contribution in [3.05, 3.63) is 24.3 Å². The van der Waals surface area contributed by atoms with E-state index in [1.807, 2.05) is 11.8 Å². The number of amides is 2. The molecule has 0 bridgehead atoms. The van der Waals surface area contributed by atoms with Crippen LogP contribution in [0.25, 0.3) is 0 Å². The zero-order valence-corrected chi connectivity index (χ0v) is 10.8. The number of benzene rings is 1. The molecule has 17 heavy (non-hydrogen) atoms. The Hall–Kier alpha value is -1.36. The van der Waals surface area contributed by atoms with Crippen molar-refractivity contribution in [3.8, 4) is 0 Å². The van der Waals surface area contributed by atoms with Crippen LogP contribution in [0.1, 0.15) is 13.3 Å². The number of thioether (sulfide) groups is 1. The van der Waals surface area contributed by atoms with E-state index in [1.54, 1.807) is 24.3 Å². The van der Waals surface area contributed by atoms with Gasteiger partial charge >= 0.3 is 6.03 Å². The molecule has 1 aromatic rings. The Morgan fingerprint density at radius 2 is 2.06 bits per heavy atom. The fraction of sp³-hybridized carbons (Fsp3) is 0.417. The van der Waals surface area contributed by atoms with Crippen molar-refractivity contribution >= 4 is 29.2 Å². The van der Waals surface area contributed by atoms with E-state index in [9.17, 15) is 4.79 Å². The summed E-state index contributed by atoms with van der Waals surface area (Å²) >= 11 is 1.88. The quantitative estimate of drug-likeness (QED) is 0.539. The Kier molecular flexibility index (Phi) is 6.32. The highest BCUT2D eigenvalue weighted by atomic mass is 32.2. The summed E-state index contributed by atoms with van der Waals surface area (Å²) in [7, 11) is 0. The SMILES string of the molecule is CCSCCCNC(=O)Nc1ccc(N)cc1. The van der Waals surface area contributed by atoms with Crippen molar-refractivity contribution < 1.29 is 4.79 Å². The van der Waals surface area contributed by atoms with Gasteiger partial charge in [0.25, 0.3) is 0 Å². The van der Waals surface area contributed by atoms with Crippen molar-refractivity contribution in [2.24, 2.45) is 0 Å². The summed E-state index contributed by atoms with van der Waals surface area (Å²) in [6.07, 6.45) is 0.994. The summed E-state index contributed by atoms with van der Waals surface area (Å²) in [4.78, 5) is 11.5. The number of nitrogens with two attached hydrogens (primary N) is 1. The Bertz CT molecular complexity index is 340. The van der Waals surface area contributed by atoms with Crippen molar-refractivity contribution in [2.45, 2.75) is 13.3 Å². The summed E-state index contributed by atoms with van der Waals surface area (Å²) in [5, 5.41) is 5.56. The van der Waals surface area contributed by atoms with E-state index in [2.05, 4.69) is 17.6 Å². The molecule has 0 radical (unpaired) electrons. The standard InChI is InChI=1S/C12H19N3OS/c1-2-17-9-3-8-14-12(16)15-11-6-4-10(13)5-7-11/h4-7H,2-3,8-9,13H2,1H3,(H2,14,15,16). The number of hydrogen-bond acceptors (Lipinski definition) is 3. The lowest BCUT2D eigenvalue weighted by molar-refractivity contribution is 0.252. The molecule has 0 saturated carbocycles. The lowest BCUT2D eigenvalue weighted by atomic mass is 10.3. The average Bonchev–Trinajstić information content (AvgIpc) is 2.32. The minimum atomic E-state index is -0.170. The summed E-state index contributed by atoms with van der Waals surface area (Å²) in [5.74, 6) is 2.20. The number of nitrogen functional groups attached to an aromatic ring is 1. The van der Waals surface area contributed by atoms with Gasteiger partial charge in [-0.25, -0.2) is 4.79 Å². The van der Waals surface area contributed by atoms with Crippen LogP contribution in [0.3, 0.4) is 0 Å². The van der Waals surface area contributed by atoms with E-state index >= 15 is 0 Å². The molecule has 2 amide bonds. The maximum atomic E-state index is 11.5. The molecule has 94 valence electrons. The van der Waals surface area contributed by atoms with Gasteiger partial charge in [-0.15, -0.1) is 0 Å². The first-order valence-corrected chi connectivity index (χ1v) is 6.86. The van der Waals surface area contributed by atoms with E-state index in [4.69, 9.17) is 5.73 Å². The third-order valence-corrected chi connectivity index (χ3v) is 3.11. The second kappa shape index (κ2) is 7.84. The number of anilines is 2. The fourth-order valence-electron chi connectivity index (χ4n) is 1.26. The van der Waals surface area contributed by atoms with Crippen LogP contribution in [0, 0.1) is 0 Å². The molecule has 0 fully saturated rings. The Morgan fingerprint density at radius 3 is 2.71 bits per heavy atom. The van der Waals surface area contributed by atoms with Gasteiger partial charge in [-0.1, -0.05) is 6.92 Å². The Morgan fingerprint density at radius 1 is 1.35 bits per heavy atom. The first-order valence-electron chi connectivity index (χ1n) is 5.70. The highest BCUT2D eigenvalue weighted by Gasteiger charge is 2.00. The van der Waals surface area contributed by atoms with Gasteiger partial charge in [-0.3, -0.25) is 0 Å². The van der Waals surface area contributed by atoms with Gasteiger partial charge in [0.2, 0.25) is 0 Å². The van der Waals surface area contributed by atoms with E-state index in [0.29, 0.717) is 12.2 Å². The number of urea groups is 1. The monoisotopic (exact) mass is 253 g/mol. The maximum Gasteiger partial charge on any atom is 0.319 e. The molecule has 0 saturated heterocycles. The van der Waals surface area contributed by atoms with Gasteiger partial charge < -0.3 is 16.4 Å². The molecular formula is C12H19N3OS. The number of carbonyl (C=O) groups is 1. The van der Waals surface area contributed by atoms with Crippen LogP contribution >= 0.6 is 11.8 Å². The van der Waals surface area contributed by atoms with Gasteiger partial charge in [0.1, 0.15) is 0 Å². The number of rotatable bonds is 6. The second-order valence-electron chi connectivity index (χ2n) is 3.55. The summed E-state index contributed by atoms with van der Waals surface area (Å²) < 4.78 is 0. The molecule has 0 unspecified atom stereocenters. The molecule has 0 heterocycles. The van der Waals surface area contributed by atoms with Crippen molar-refractivity contribution in [1.29, 1.82) is 0 Å². The third kappa shape index (κ3) is 6.06. The Balaban J connectivity index is 2.18. The predicted octanol–water partition coefficient (Wildman–Crippen LogP) is 2.53. The van der Waals surface area contributed by atoms with Crippen LogP contribution in [0.2, 0.25) is 0 Å². The summed E-state index contributed by atoms with van der Waals surface area (Å²) in [5.41, 5.74) is 6.99. The molecule has 0 atom stereocenters. The number of carbonyl (C=O) groups excluding carboxylic acids is 1. The molecule has 0 aromatic heterocycles. The van der Waals surface area contributed by atoms with Gasteiger partial charge in [0.05, 0.1) is 0 Å². The van der Waals surface area contributed by atoms with Crippen LogP contribution in [0.15, 0.2) is 24.3 Å². The lowest BCUT2D eigenvalue weighted by Crippen LogP contribution is -2.29. The molecule has 0 aliphatic carbocycles. The molecule has 1 aromatic carbocycles. The smallest absolute Gasteiger partial charge is 0.319 e. The molecule has 5 heteroatoms.